The molecule has 1 heterocycles. The van der Waals surface area contributed by atoms with Crippen LogP contribution in [-0.4, -0.2) is 23.2 Å². The molecule has 0 unspecified atom stereocenters. The third kappa shape index (κ3) is 6.91. The number of nitrogens with one attached hydrogen (secondary N) is 2. The number of aromatic amines is 1. The number of amides is 1. The molecule has 0 aliphatic rings. The van der Waals surface area contributed by atoms with Gasteiger partial charge < -0.3 is 15.0 Å². The Balaban J connectivity index is 2.58. The van der Waals surface area contributed by atoms with Crippen molar-refractivity contribution in [1.82, 2.24) is 10.3 Å². The summed E-state index contributed by atoms with van der Waals surface area (Å²) in [6.07, 6.45) is -4.00. The van der Waals surface area contributed by atoms with Gasteiger partial charge in [-0.2, -0.15) is 13.2 Å². The van der Waals surface area contributed by atoms with E-state index in [4.69, 9.17) is 4.74 Å². The van der Waals surface area contributed by atoms with Crippen LogP contribution >= 0.6 is 0 Å². The maximum Gasteiger partial charge on any atom is 0.421 e. The summed E-state index contributed by atoms with van der Waals surface area (Å²) in [4.78, 5) is 24.4. The molecule has 0 aliphatic carbocycles. The van der Waals surface area contributed by atoms with Gasteiger partial charge in [-0.1, -0.05) is 11.8 Å². The average molecular weight is 330 g/mol. The first-order valence-corrected chi connectivity index (χ1v) is 6.75. The smallest absolute Gasteiger partial charge is 0.421 e. The van der Waals surface area contributed by atoms with Gasteiger partial charge in [0, 0.05) is 24.7 Å². The monoisotopic (exact) mass is 330 g/mol. The summed E-state index contributed by atoms with van der Waals surface area (Å²) in [6.45, 7) is 5.36. The van der Waals surface area contributed by atoms with Crippen LogP contribution in [0.15, 0.2) is 17.1 Å². The lowest BCUT2D eigenvalue weighted by molar-refractivity contribution is -0.138. The third-order valence-electron chi connectivity index (χ3n) is 2.36. The second kappa shape index (κ2) is 7.22. The summed E-state index contributed by atoms with van der Waals surface area (Å²) in [6, 6.07) is 0.688. The number of ether oxygens (including phenoxy) is 1. The summed E-state index contributed by atoms with van der Waals surface area (Å²) >= 11 is 0. The number of hydrogen-bond acceptors (Lipinski definition) is 3. The van der Waals surface area contributed by atoms with Gasteiger partial charge in [0.1, 0.15) is 11.2 Å². The molecule has 0 saturated heterocycles. The van der Waals surface area contributed by atoms with Crippen LogP contribution in [0.3, 0.4) is 0 Å². The quantitative estimate of drug-likeness (QED) is 0.647. The minimum atomic E-state index is -4.73. The average Bonchev–Trinajstić information content (AvgIpc) is 2.36. The van der Waals surface area contributed by atoms with Crippen LogP contribution in [0.5, 0.6) is 0 Å². The van der Waals surface area contributed by atoms with Crippen LogP contribution in [-0.2, 0) is 10.9 Å². The summed E-state index contributed by atoms with van der Waals surface area (Å²) < 4.78 is 42.7. The van der Waals surface area contributed by atoms with E-state index in [0.29, 0.717) is 6.07 Å². The topological polar surface area (TPSA) is 71.2 Å². The lowest BCUT2D eigenvalue weighted by atomic mass is 10.2. The first kappa shape index (κ1) is 18.6. The van der Waals surface area contributed by atoms with Gasteiger partial charge in [0.25, 0.3) is 5.56 Å². The van der Waals surface area contributed by atoms with Crippen LogP contribution < -0.4 is 10.9 Å². The van der Waals surface area contributed by atoms with E-state index in [-0.39, 0.29) is 18.5 Å². The Kier molecular flexibility index (Phi) is 5.85. The molecule has 0 aromatic carbocycles. The fraction of sp³-hybridized carbons (Fsp3) is 0.467. The second-order valence-corrected chi connectivity index (χ2v) is 5.61. The molecule has 1 amide bonds. The molecular formula is C15H17F3N2O3. The number of halogens is 3. The van der Waals surface area contributed by atoms with E-state index in [1.54, 1.807) is 20.8 Å². The fourth-order valence-electron chi connectivity index (χ4n) is 1.47. The molecule has 0 spiro atoms. The van der Waals surface area contributed by atoms with Crippen LogP contribution in [0.1, 0.15) is 38.3 Å². The highest BCUT2D eigenvalue weighted by Gasteiger charge is 2.33. The first-order valence-electron chi connectivity index (χ1n) is 6.75. The second-order valence-electron chi connectivity index (χ2n) is 5.61. The molecule has 8 heteroatoms. The summed E-state index contributed by atoms with van der Waals surface area (Å²) in [5.41, 5.74) is -3.08. The van der Waals surface area contributed by atoms with E-state index in [9.17, 15) is 22.8 Å². The number of alkyl halides is 3. The Morgan fingerprint density at radius 2 is 2.00 bits per heavy atom. The van der Waals surface area contributed by atoms with Crippen LogP contribution in [0.4, 0.5) is 18.0 Å². The Hall–Kier alpha value is -2.43. The van der Waals surface area contributed by atoms with E-state index in [1.165, 1.54) is 0 Å². The predicted octanol–water partition coefficient (Wildman–Crippen LogP) is 2.66. The highest BCUT2D eigenvalue weighted by molar-refractivity contribution is 5.67. The van der Waals surface area contributed by atoms with Gasteiger partial charge in [-0.05, 0) is 26.8 Å². The largest absolute Gasteiger partial charge is 0.444 e. The van der Waals surface area contributed by atoms with Gasteiger partial charge in [-0.25, -0.2) is 4.79 Å². The zero-order chi connectivity index (χ0) is 17.7. The number of carbonyl (C=O) groups excluding carboxylic acids is 1. The number of pyridine rings is 1. The molecule has 0 aliphatic heterocycles. The van der Waals surface area contributed by atoms with E-state index in [0.717, 1.165) is 6.20 Å². The molecule has 0 fully saturated rings. The van der Waals surface area contributed by atoms with Crippen molar-refractivity contribution in [3.63, 3.8) is 0 Å². The molecule has 0 atom stereocenters. The van der Waals surface area contributed by atoms with E-state index < -0.39 is 29.0 Å². The van der Waals surface area contributed by atoms with Crippen LogP contribution in [0.25, 0.3) is 0 Å². The normalized spacial score (nSPS) is 11.4. The van der Waals surface area contributed by atoms with Crippen LogP contribution in [0.2, 0.25) is 0 Å². The zero-order valence-electron chi connectivity index (χ0n) is 12.9. The number of aromatic nitrogens is 1. The zero-order valence-corrected chi connectivity index (χ0v) is 12.9. The third-order valence-corrected chi connectivity index (χ3v) is 2.36. The maximum absolute atomic E-state index is 12.6. The highest BCUT2D eigenvalue weighted by atomic mass is 19.4. The standard InChI is InChI=1S/C15H17F3N2O3/c1-14(2,3)23-13(22)19-7-5-4-6-10-8-11(15(16,17)18)12(21)20-9-10/h8-9H,5,7H2,1-3H3,(H,19,22)(H,20,21). The Morgan fingerprint density at radius 3 is 2.57 bits per heavy atom. The van der Waals surface area contributed by atoms with Crippen molar-refractivity contribution in [3.05, 3.63) is 33.7 Å². The lowest BCUT2D eigenvalue weighted by Gasteiger charge is -2.19. The first-order chi connectivity index (χ1) is 10.5. The number of carbonyl (C=O) groups is 1. The minimum absolute atomic E-state index is 0.0363. The van der Waals surface area contributed by atoms with E-state index in [1.807, 2.05) is 4.98 Å². The summed E-state index contributed by atoms with van der Waals surface area (Å²) in [5.74, 6) is 5.10. The molecule has 23 heavy (non-hydrogen) atoms. The van der Waals surface area contributed by atoms with E-state index >= 15 is 0 Å². The Bertz CT molecular complexity index is 676. The van der Waals surface area contributed by atoms with Crippen molar-refractivity contribution in [2.75, 3.05) is 6.54 Å². The van der Waals surface area contributed by atoms with Crippen molar-refractivity contribution in [2.45, 2.75) is 39.0 Å². The molecule has 1 rings (SSSR count). The SMILES string of the molecule is CC(C)(C)OC(=O)NCCC#Cc1c[nH]c(=O)c(C(F)(F)F)c1. The molecule has 0 saturated carbocycles. The van der Waals surface area contributed by atoms with Gasteiger partial charge in [-0.3, -0.25) is 4.79 Å². The number of rotatable bonds is 2. The molecule has 0 radical (unpaired) electrons. The molecule has 2 N–H and O–H groups in total. The van der Waals surface area contributed by atoms with Crippen molar-refractivity contribution in [3.8, 4) is 11.8 Å². The van der Waals surface area contributed by atoms with Gasteiger partial charge in [0.2, 0.25) is 0 Å². The van der Waals surface area contributed by atoms with Crippen molar-refractivity contribution in [2.24, 2.45) is 0 Å². The van der Waals surface area contributed by atoms with E-state index in [2.05, 4.69) is 17.2 Å². The number of hydrogen-bond donors (Lipinski definition) is 2. The lowest BCUT2D eigenvalue weighted by Crippen LogP contribution is -2.32. The molecule has 1 aromatic rings. The molecule has 5 nitrogen and oxygen atoms in total. The molecule has 1 aromatic heterocycles. The van der Waals surface area contributed by atoms with Crippen molar-refractivity contribution < 1.29 is 22.7 Å². The predicted molar refractivity (Wildman–Crippen MR) is 77.8 cm³/mol. The molecular weight excluding hydrogens is 313 g/mol. The summed E-state index contributed by atoms with van der Waals surface area (Å²) in [7, 11) is 0. The maximum atomic E-state index is 12.6. The highest BCUT2D eigenvalue weighted by Crippen LogP contribution is 2.26. The van der Waals surface area contributed by atoms with Crippen LogP contribution in [0, 0.1) is 11.8 Å². The van der Waals surface area contributed by atoms with Gasteiger partial charge in [0.05, 0.1) is 0 Å². The number of alkyl carbamates (subject to hydrolysis) is 1. The Labute approximate surface area is 131 Å². The van der Waals surface area contributed by atoms with Crippen molar-refractivity contribution in [1.29, 1.82) is 0 Å². The molecule has 0 bridgehead atoms. The fourth-order valence-corrected chi connectivity index (χ4v) is 1.47. The van der Waals surface area contributed by atoms with Gasteiger partial charge in [-0.15, -0.1) is 0 Å². The minimum Gasteiger partial charge on any atom is -0.444 e. The molecule has 126 valence electrons. The van der Waals surface area contributed by atoms with Gasteiger partial charge >= 0.3 is 12.3 Å². The van der Waals surface area contributed by atoms with Crippen molar-refractivity contribution >= 4 is 6.09 Å². The Morgan fingerprint density at radius 1 is 1.35 bits per heavy atom. The number of H-pyrrole nitrogens is 1. The van der Waals surface area contributed by atoms with Gasteiger partial charge in [0.15, 0.2) is 0 Å². The summed E-state index contributed by atoms with van der Waals surface area (Å²) in [5, 5.41) is 2.47.